The molecule has 11 bridgehead atoms. The van der Waals surface area contributed by atoms with Gasteiger partial charge in [-0.05, 0) is 135 Å². The number of Topliss-reactive ketones (excluding diaryl/α,β-unsaturated/α-hetero) is 4. The molecule has 4 amide bonds. The molecule has 30 heteroatoms. The van der Waals surface area contributed by atoms with Crippen LogP contribution in [-0.4, -0.2) is 167 Å². The summed E-state index contributed by atoms with van der Waals surface area (Å²) in [7, 11) is 1.54. The first-order chi connectivity index (χ1) is 47.7. The number of benzene rings is 5. The van der Waals surface area contributed by atoms with Gasteiger partial charge < -0.3 is 102 Å². The molecule has 1 unspecified atom stereocenters. The third-order valence-electron chi connectivity index (χ3n) is 19.4. The zero-order valence-electron chi connectivity index (χ0n) is 55.8. The van der Waals surface area contributed by atoms with Gasteiger partial charge in [0.1, 0.15) is 53.0 Å². The van der Waals surface area contributed by atoms with Gasteiger partial charge in [0.15, 0.2) is 34.6 Å². The number of amides is 4. The molecular formula is C71H82Cl2N6O22. The van der Waals surface area contributed by atoms with Crippen molar-refractivity contribution >= 4 is 70.0 Å². The molecule has 7 heterocycles. The molecule has 0 saturated carbocycles. The number of primary amides is 1. The van der Waals surface area contributed by atoms with Crippen molar-refractivity contribution in [1.82, 2.24) is 21.3 Å². The molecule has 101 heavy (non-hydrogen) atoms. The highest BCUT2D eigenvalue weighted by molar-refractivity contribution is 6.32. The summed E-state index contributed by atoms with van der Waals surface area (Å²) in [4.78, 5) is 118. The number of fused-ring (bicyclic) bond motifs is 15. The molecule has 17 N–H and O–H groups in total. The van der Waals surface area contributed by atoms with Gasteiger partial charge >= 0.3 is 0 Å². The van der Waals surface area contributed by atoms with Crippen LogP contribution in [0.3, 0.4) is 0 Å². The molecule has 2 fully saturated rings. The fourth-order valence-electron chi connectivity index (χ4n) is 14.0. The van der Waals surface area contributed by atoms with Crippen molar-refractivity contribution in [3.8, 4) is 57.1 Å². The van der Waals surface area contributed by atoms with Crippen LogP contribution in [0.15, 0.2) is 78.9 Å². The van der Waals surface area contributed by atoms with Crippen LogP contribution in [0.25, 0.3) is 11.1 Å². The van der Waals surface area contributed by atoms with Crippen LogP contribution in [0.1, 0.15) is 138 Å². The summed E-state index contributed by atoms with van der Waals surface area (Å²) in [5.74, 6) is -19.0. The molecule has 0 spiro atoms. The Balaban J connectivity index is 1.24. The molecular weight excluding hydrogens is 1360 g/mol. The topological polar surface area (TPSA) is 465 Å². The number of nitrogens with two attached hydrogens (primary N) is 2. The fraction of sp³-hybridized carbons (Fsp3) is 0.465. The van der Waals surface area contributed by atoms with Gasteiger partial charge in [-0.2, -0.15) is 0 Å². The molecule has 7 aliphatic rings. The summed E-state index contributed by atoms with van der Waals surface area (Å²) in [6.45, 7) is 7.12. The lowest BCUT2D eigenvalue weighted by Crippen LogP contribution is -2.62. The van der Waals surface area contributed by atoms with E-state index in [4.69, 9.17) is 58.4 Å². The molecule has 0 aliphatic carbocycles. The number of hydrogen-bond acceptors (Lipinski definition) is 24. The number of aliphatic hydroxyl groups is 6. The second-order valence-corrected chi connectivity index (χ2v) is 28.2. The highest BCUT2D eigenvalue weighted by atomic mass is 35.5. The minimum absolute atomic E-state index is 0.00320. The molecule has 18 atom stereocenters. The van der Waals surface area contributed by atoms with E-state index in [0.29, 0.717) is 6.42 Å². The van der Waals surface area contributed by atoms with Gasteiger partial charge in [-0.25, -0.2) is 0 Å². The summed E-state index contributed by atoms with van der Waals surface area (Å²) in [6.07, 6.45) is -17.2. The Labute approximate surface area is 589 Å². The van der Waals surface area contributed by atoms with E-state index < -0.39 is 222 Å². The normalized spacial score (nSPS) is 29.6. The smallest absolute Gasteiger partial charge is 0.228 e. The number of aromatic hydroxyl groups is 3. The first kappa shape index (κ1) is 75.3. The van der Waals surface area contributed by atoms with Crippen LogP contribution in [-0.2, 0) is 47.8 Å². The number of nitrogens with one attached hydrogen (secondary N) is 4. The van der Waals surface area contributed by atoms with E-state index in [0.717, 1.165) is 25.1 Å². The maximum atomic E-state index is 16.2. The molecule has 5 aromatic carbocycles. The Kier molecular flexibility index (Phi) is 22.9. The molecule has 0 radical (unpaired) electrons. The SMILES string of the molecule is CN[C@H](CC(C)C)C(=O)C[C@H]1C(=O)N[C@@H](CC(N)=O)C(=O)C[C@H]2C(=O)N[C@H]3C(=O)C[C@H](C(=O)N[C@H](C(C)=O)c4cc(O)cc(O)c4-c4cc3ccc4O)[C@H](O)c3ccc(c(Cl)c3)Oc3cc2cc(c3O[C@@H]2O[C@H](CO)[C@@H](O)[C@H](O)[C@H]2CC2C[C@](C)(N)[C@H](O)[C@H](C)O2)Oc2ccc(cc2Cl)[C@H]1O. The van der Waals surface area contributed by atoms with Gasteiger partial charge in [0.25, 0.3) is 0 Å². The number of phenols is 3. The number of ether oxygens (including phenoxy) is 5. The van der Waals surface area contributed by atoms with Crippen molar-refractivity contribution in [2.45, 2.75) is 170 Å². The zero-order chi connectivity index (χ0) is 73.5. The molecule has 5 aromatic rings. The average molecular weight is 1440 g/mol. The lowest BCUT2D eigenvalue weighted by Gasteiger charge is -2.47. The summed E-state index contributed by atoms with van der Waals surface area (Å²) in [6, 6.07) is 8.71. The summed E-state index contributed by atoms with van der Waals surface area (Å²) >= 11 is 14.3. The monoisotopic (exact) mass is 1440 g/mol. The number of aliphatic hydroxyl groups excluding tert-OH is 6. The molecule has 542 valence electrons. The van der Waals surface area contributed by atoms with Crippen molar-refractivity contribution in [3.63, 3.8) is 0 Å². The second-order valence-electron chi connectivity index (χ2n) is 27.3. The number of likely N-dealkylation sites (N-methyl/N-ethyl adjacent to an activating group) is 1. The lowest BCUT2D eigenvalue weighted by atomic mass is 9.79. The van der Waals surface area contributed by atoms with Crippen molar-refractivity contribution in [3.05, 3.63) is 117 Å². The van der Waals surface area contributed by atoms with Crippen LogP contribution >= 0.6 is 23.2 Å². The van der Waals surface area contributed by atoms with Gasteiger partial charge in [-0.15, -0.1) is 0 Å². The Morgan fingerprint density at radius 3 is 1.95 bits per heavy atom. The molecule has 7 aliphatic heterocycles. The van der Waals surface area contributed by atoms with E-state index in [2.05, 4.69) is 21.3 Å². The van der Waals surface area contributed by atoms with E-state index in [-0.39, 0.29) is 79.2 Å². The Morgan fingerprint density at radius 2 is 1.37 bits per heavy atom. The highest BCUT2D eigenvalue weighted by Crippen LogP contribution is 2.51. The van der Waals surface area contributed by atoms with Gasteiger partial charge in [-0.1, -0.05) is 55.2 Å². The predicted molar refractivity (Wildman–Crippen MR) is 359 cm³/mol. The number of hydrogen-bond donors (Lipinski definition) is 15. The zero-order valence-corrected chi connectivity index (χ0v) is 57.3. The van der Waals surface area contributed by atoms with Gasteiger partial charge in [-0.3, -0.25) is 38.4 Å². The van der Waals surface area contributed by atoms with E-state index in [9.17, 15) is 65.1 Å². The molecule has 12 rings (SSSR count). The molecule has 2 saturated heterocycles. The van der Waals surface area contributed by atoms with Crippen LogP contribution in [0.5, 0.6) is 46.0 Å². The highest BCUT2D eigenvalue weighted by Gasteiger charge is 2.51. The summed E-state index contributed by atoms with van der Waals surface area (Å²) < 4.78 is 32.8. The molecule has 28 nitrogen and oxygen atoms in total. The van der Waals surface area contributed by atoms with E-state index >= 15 is 19.2 Å². The lowest BCUT2D eigenvalue weighted by molar-refractivity contribution is -0.268. The number of rotatable bonds is 14. The summed E-state index contributed by atoms with van der Waals surface area (Å²) in [5, 5.41) is 114. The van der Waals surface area contributed by atoms with Crippen LogP contribution in [0, 0.1) is 23.7 Å². The first-order valence-corrected chi connectivity index (χ1v) is 33.7. The fourth-order valence-corrected chi connectivity index (χ4v) is 14.5. The van der Waals surface area contributed by atoms with Crippen LogP contribution < -0.4 is 46.9 Å². The second kappa shape index (κ2) is 30.7. The molecule has 0 aromatic heterocycles. The number of halogens is 2. The van der Waals surface area contributed by atoms with Crippen LogP contribution in [0.4, 0.5) is 0 Å². The minimum Gasteiger partial charge on any atom is -0.508 e. The number of ketones is 4. The predicted octanol–water partition coefficient (Wildman–Crippen LogP) is 4.34. The maximum Gasteiger partial charge on any atom is 0.228 e. The van der Waals surface area contributed by atoms with E-state index in [1.807, 2.05) is 13.8 Å². The van der Waals surface area contributed by atoms with Crippen molar-refractivity contribution in [1.29, 1.82) is 0 Å². The average Bonchev–Trinajstić information content (AvgIpc) is 0.775. The first-order valence-electron chi connectivity index (χ1n) is 32.9. The third-order valence-corrected chi connectivity index (χ3v) is 20.0. The van der Waals surface area contributed by atoms with Gasteiger partial charge in [0, 0.05) is 42.0 Å². The van der Waals surface area contributed by atoms with Crippen molar-refractivity contribution in [2.75, 3.05) is 13.7 Å². The van der Waals surface area contributed by atoms with Crippen LogP contribution in [0.2, 0.25) is 10.0 Å². The Hall–Kier alpha value is -8.36. The Morgan fingerprint density at radius 1 is 0.733 bits per heavy atom. The number of carbonyl (C=O) groups is 8. The van der Waals surface area contributed by atoms with Crippen molar-refractivity contribution in [2.24, 2.45) is 35.1 Å². The minimum atomic E-state index is -2.02. The quantitative estimate of drug-likeness (QED) is 0.0735. The van der Waals surface area contributed by atoms with Gasteiger partial charge in [0.05, 0.1) is 95.5 Å². The van der Waals surface area contributed by atoms with E-state index in [1.165, 1.54) is 67.7 Å². The maximum absolute atomic E-state index is 16.2. The Bertz CT molecular complexity index is 4060. The van der Waals surface area contributed by atoms with Crippen molar-refractivity contribution < 1.29 is 108 Å². The number of carbonyl (C=O) groups excluding carboxylic acids is 8. The largest absolute Gasteiger partial charge is 0.508 e. The third kappa shape index (κ3) is 16.1. The standard InChI is InChI=1S/C71H82Cl2N6O22/c1-28(2)13-45(76-6)48(84)23-40-61(89)32-8-11-52(43(72)15-32)98-54-17-34-18-55(65(54)101-70-42(63(91)64(92)56(27-80)100-70)21-36-26-71(5,75)66(93)30(4)97-36)99-53-12-9-33(16-44(53)73)62(90)41-24-51(87)60(79-67(94)37(34)22-49(85)46(25-57(74)88)77-68(40)95)31-7-10-47(83)38(14-31)58-39(19-35(82)20-50(58)86)59(29(3)81)78-69(41)96/h7-12,14-20,28,30,36-37,40-42,45-46,56,59-64,66,70,76,80,82-83,86,89-93H,13,21-27,75H2,1-6H3,(H2,74,88)(H,77,95)(H,78,96)(H,79,94)/t30-,36?,37+,40+,41-,42+,45+,46-,56+,59+,60+,61+,62+,63+,64+,66+,70-,71-/m0/s1. The summed E-state index contributed by atoms with van der Waals surface area (Å²) in [5.41, 5.74) is 9.63. The number of phenolic OH excluding ortho intramolecular Hbond substituents is 3. The van der Waals surface area contributed by atoms with E-state index in [1.54, 1.807) is 13.8 Å². The van der Waals surface area contributed by atoms with Gasteiger partial charge in [0.2, 0.25) is 35.7 Å².